The summed E-state index contributed by atoms with van der Waals surface area (Å²) in [5.74, 6) is -0.291. The second-order valence-corrected chi connectivity index (χ2v) is 5.82. The van der Waals surface area contributed by atoms with Crippen molar-refractivity contribution in [1.82, 2.24) is 15.8 Å². The Balaban J connectivity index is 1.98. The Bertz CT molecular complexity index is 613. The first-order valence-electron chi connectivity index (χ1n) is 5.18. The number of hydrogen-bond acceptors (Lipinski definition) is 4. The normalized spacial score (nSPS) is 10.0. The van der Waals surface area contributed by atoms with Gasteiger partial charge in [-0.25, -0.2) is 0 Å². The third-order valence-electron chi connectivity index (χ3n) is 2.25. The molecule has 1 amide bonds. The highest BCUT2D eigenvalue weighted by Crippen LogP contribution is 2.33. The van der Waals surface area contributed by atoms with Crippen molar-refractivity contribution in [3.05, 3.63) is 57.0 Å². The van der Waals surface area contributed by atoms with Crippen molar-refractivity contribution >= 4 is 46.1 Å². The first-order valence-corrected chi connectivity index (χ1v) is 6.75. The van der Waals surface area contributed by atoms with Crippen LogP contribution in [0.1, 0.15) is 15.9 Å². The molecule has 2 N–H and O–H groups in total. The van der Waals surface area contributed by atoms with E-state index in [1.807, 2.05) is 0 Å². The van der Waals surface area contributed by atoms with E-state index in [-0.39, 0.29) is 5.91 Å². The monoisotopic (exact) mass is 313 g/mol. The van der Waals surface area contributed by atoms with E-state index in [9.17, 15) is 4.79 Å². The maximum absolute atomic E-state index is 11.8. The fourth-order valence-corrected chi connectivity index (χ4v) is 2.84. The number of nitrogens with zero attached hydrogens (tertiary/aromatic N) is 1. The Kier molecular flexibility index (Phi) is 4.42. The molecule has 0 spiro atoms. The number of pyridine rings is 1. The van der Waals surface area contributed by atoms with E-state index >= 15 is 0 Å². The molecule has 0 saturated carbocycles. The molecule has 0 bridgehead atoms. The number of carbonyl (C=O) groups excluding carboxylic acids is 1. The molecule has 98 valence electrons. The summed E-state index contributed by atoms with van der Waals surface area (Å²) in [4.78, 5) is 15.6. The molecule has 2 heterocycles. The van der Waals surface area contributed by atoms with E-state index in [0.717, 1.165) is 0 Å². The molecule has 4 nitrogen and oxygen atoms in total. The van der Waals surface area contributed by atoms with Gasteiger partial charge in [-0.05, 0) is 18.2 Å². The van der Waals surface area contributed by atoms with E-state index in [4.69, 9.17) is 23.2 Å². The first kappa shape index (κ1) is 13.9. The van der Waals surface area contributed by atoms with Crippen LogP contribution < -0.4 is 10.9 Å². The van der Waals surface area contributed by atoms with Gasteiger partial charge < -0.3 is 0 Å². The van der Waals surface area contributed by atoms with Gasteiger partial charge >= 0.3 is 0 Å². The topological polar surface area (TPSA) is 54.0 Å². The fourth-order valence-electron chi connectivity index (χ4n) is 1.32. The fraction of sp³-hybridized carbons (Fsp3) is 0. The molecule has 0 atom stereocenters. The zero-order valence-electron chi connectivity index (χ0n) is 9.61. The van der Waals surface area contributed by atoms with E-state index in [1.54, 1.807) is 30.6 Å². The summed E-state index contributed by atoms with van der Waals surface area (Å²) < 4.78 is 1.07. The van der Waals surface area contributed by atoms with Gasteiger partial charge in [0.25, 0.3) is 5.91 Å². The van der Waals surface area contributed by atoms with Crippen LogP contribution in [0.4, 0.5) is 0 Å². The standard InChI is InChI=1S/C12H9Cl2N3OS/c1-7(9-6-10(13)19-11(9)14)16-17-12(18)8-2-4-15-5-3-8/h2-6,16H,1H2,(H,17,18). The smallest absolute Gasteiger partial charge is 0.269 e. The Hall–Kier alpha value is -1.56. The van der Waals surface area contributed by atoms with Gasteiger partial charge in [0.15, 0.2) is 0 Å². The van der Waals surface area contributed by atoms with Crippen LogP contribution in [0.5, 0.6) is 0 Å². The summed E-state index contributed by atoms with van der Waals surface area (Å²) in [6.07, 6.45) is 3.08. The van der Waals surface area contributed by atoms with Crippen LogP contribution in [-0.4, -0.2) is 10.9 Å². The number of nitrogens with one attached hydrogen (secondary N) is 2. The highest BCUT2D eigenvalue weighted by Gasteiger charge is 2.10. The summed E-state index contributed by atoms with van der Waals surface area (Å²) in [6, 6.07) is 4.89. The summed E-state index contributed by atoms with van der Waals surface area (Å²) in [6.45, 7) is 3.79. The van der Waals surface area contributed by atoms with Gasteiger partial charge in [-0.2, -0.15) is 0 Å². The highest BCUT2D eigenvalue weighted by atomic mass is 35.5. The lowest BCUT2D eigenvalue weighted by Gasteiger charge is -2.10. The van der Waals surface area contributed by atoms with Crippen molar-refractivity contribution < 1.29 is 4.79 Å². The van der Waals surface area contributed by atoms with Crippen molar-refractivity contribution in [2.24, 2.45) is 0 Å². The number of halogens is 2. The van der Waals surface area contributed by atoms with E-state index in [0.29, 0.717) is 25.5 Å². The van der Waals surface area contributed by atoms with Crippen LogP contribution in [0.25, 0.3) is 5.70 Å². The highest BCUT2D eigenvalue weighted by molar-refractivity contribution is 7.20. The van der Waals surface area contributed by atoms with Crippen molar-refractivity contribution in [1.29, 1.82) is 0 Å². The molecular formula is C12H9Cl2N3OS. The van der Waals surface area contributed by atoms with Gasteiger partial charge in [0, 0.05) is 23.5 Å². The molecule has 19 heavy (non-hydrogen) atoms. The van der Waals surface area contributed by atoms with Crippen molar-refractivity contribution in [2.75, 3.05) is 0 Å². The molecule has 2 aromatic rings. The Morgan fingerprint density at radius 2 is 1.95 bits per heavy atom. The van der Waals surface area contributed by atoms with Crippen LogP contribution in [0.3, 0.4) is 0 Å². The molecular weight excluding hydrogens is 305 g/mol. The second-order valence-electron chi connectivity index (χ2n) is 3.53. The van der Waals surface area contributed by atoms with Crippen LogP contribution in [-0.2, 0) is 0 Å². The third kappa shape index (κ3) is 3.47. The number of hydrogen-bond donors (Lipinski definition) is 2. The predicted molar refractivity (Wildman–Crippen MR) is 78.2 cm³/mol. The Morgan fingerprint density at radius 1 is 1.26 bits per heavy atom. The molecule has 0 aliphatic carbocycles. The maximum atomic E-state index is 11.8. The van der Waals surface area contributed by atoms with Gasteiger partial charge in [-0.15, -0.1) is 11.3 Å². The lowest BCUT2D eigenvalue weighted by atomic mass is 10.2. The summed E-state index contributed by atoms with van der Waals surface area (Å²) in [5, 5.41) is 0. The minimum atomic E-state index is -0.291. The molecule has 0 unspecified atom stereocenters. The van der Waals surface area contributed by atoms with Crippen molar-refractivity contribution in [3.8, 4) is 0 Å². The maximum Gasteiger partial charge on any atom is 0.269 e. The van der Waals surface area contributed by atoms with Gasteiger partial charge in [-0.1, -0.05) is 29.8 Å². The molecule has 0 fully saturated rings. The number of thiophene rings is 1. The average molecular weight is 314 g/mol. The molecule has 0 aliphatic rings. The lowest BCUT2D eigenvalue weighted by Crippen LogP contribution is -2.35. The number of hydrazine groups is 1. The van der Waals surface area contributed by atoms with Gasteiger partial charge in [-0.3, -0.25) is 20.6 Å². The zero-order valence-corrected chi connectivity index (χ0v) is 11.9. The van der Waals surface area contributed by atoms with Crippen molar-refractivity contribution in [2.45, 2.75) is 0 Å². The molecule has 0 aliphatic heterocycles. The zero-order chi connectivity index (χ0) is 13.8. The van der Waals surface area contributed by atoms with E-state index in [1.165, 1.54) is 11.3 Å². The quantitative estimate of drug-likeness (QED) is 0.851. The predicted octanol–water partition coefficient (Wildman–Crippen LogP) is 3.36. The largest absolute Gasteiger partial charge is 0.298 e. The minimum absolute atomic E-state index is 0.291. The van der Waals surface area contributed by atoms with E-state index in [2.05, 4.69) is 22.4 Å². The van der Waals surface area contributed by atoms with Crippen molar-refractivity contribution in [3.63, 3.8) is 0 Å². The van der Waals surface area contributed by atoms with Gasteiger partial charge in [0.2, 0.25) is 0 Å². The summed E-state index contributed by atoms with van der Waals surface area (Å²) in [7, 11) is 0. The second kappa shape index (κ2) is 6.06. The molecule has 0 aromatic carbocycles. The Morgan fingerprint density at radius 3 is 2.53 bits per heavy atom. The van der Waals surface area contributed by atoms with Crippen LogP contribution >= 0.6 is 34.5 Å². The number of rotatable bonds is 4. The van der Waals surface area contributed by atoms with Gasteiger partial charge in [0.1, 0.15) is 4.34 Å². The molecule has 0 radical (unpaired) electrons. The molecule has 0 saturated heterocycles. The van der Waals surface area contributed by atoms with Crippen LogP contribution in [0.2, 0.25) is 8.67 Å². The van der Waals surface area contributed by atoms with Crippen LogP contribution in [0, 0.1) is 0 Å². The summed E-state index contributed by atoms with van der Waals surface area (Å²) >= 11 is 13.1. The lowest BCUT2D eigenvalue weighted by molar-refractivity contribution is 0.0942. The van der Waals surface area contributed by atoms with Gasteiger partial charge in [0.05, 0.1) is 10.0 Å². The van der Waals surface area contributed by atoms with Crippen LogP contribution in [0.15, 0.2) is 37.2 Å². The van der Waals surface area contributed by atoms with E-state index < -0.39 is 0 Å². The molecule has 2 rings (SSSR count). The Labute approximate surface area is 124 Å². The third-order valence-corrected chi connectivity index (χ3v) is 3.74. The number of amides is 1. The number of carbonyl (C=O) groups is 1. The first-order chi connectivity index (χ1) is 9.08. The summed E-state index contributed by atoms with van der Waals surface area (Å²) in [5.41, 5.74) is 6.84. The SMILES string of the molecule is C=C(NNC(=O)c1ccncc1)c1cc(Cl)sc1Cl. The molecule has 7 heteroatoms. The minimum Gasteiger partial charge on any atom is -0.298 e. The molecule has 2 aromatic heterocycles. The average Bonchev–Trinajstić information content (AvgIpc) is 2.75. The number of aromatic nitrogens is 1.